The summed E-state index contributed by atoms with van der Waals surface area (Å²) in [4.78, 5) is 1.15. The second-order valence-electron chi connectivity index (χ2n) is 5.18. The zero-order chi connectivity index (χ0) is 14.5. The Kier molecular flexibility index (Phi) is 5.94. The molecule has 0 saturated heterocycles. The molecule has 1 aromatic rings. The average molecular weight is 306 g/mol. The first-order chi connectivity index (χ1) is 8.80. The highest BCUT2D eigenvalue weighted by Gasteiger charge is 2.22. The molecule has 1 aromatic heterocycles. The van der Waals surface area contributed by atoms with Gasteiger partial charge in [0.05, 0.1) is 4.90 Å². The second kappa shape index (κ2) is 6.81. The summed E-state index contributed by atoms with van der Waals surface area (Å²) in [7, 11) is -1.80. The van der Waals surface area contributed by atoms with E-state index in [9.17, 15) is 8.42 Å². The number of sulfonamides is 1. The first-order valence-corrected chi connectivity index (χ1v) is 8.43. The van der Waals surface area contributed by atoms with Crippen LogP contribution in [0.1, 0.15) is 25.1 Å². The second-order valence-corrected chi connectivity index (χ2v) is 7.95. The summed E-state index contributed by atoms with van der Waals surface area (Å²) in [6, 6.07) is 1.62. The van der Waals surface area contributed by atoms with Crippen molar-refractivity contribution in [1.82, 2.24) is 4.72 Å². The third kappa shape index (κ3) is 5.19. The van der Waals surface area contributed by atoms with Gasteiger partial charge in [0.25, 0.3) is 0 Å². The number of rotatable bonds is 8. The van der Waals surface area contributed by atoms with E-state index < -0.39 is 10.0 Å². The van der Waals surface area contributed by atoms with Gasteiger partial charge in [-0.25, -0.2) is 13.1 Å². The van der Waals surface area contributed by atoms with Crippen LogP contribution in [0.3, 0.4) is 0 Å². The Labute approximate surface area is 119 Å². The maximum atomic E-state index is 12.1. The maximum absolute atomic E-state index is 12.1. The van der Waals surface area contributed by atoms with E-state index in [1.807, 2.05) is 13.8 Å². The Hall–Kier alpha value is -0.470. The molecular formula is C12H22N2O3S2. The average Bonchev–Trinajstić information content (AvgIpc) is 2.84. The lowest BCUT2D eigenvalue weighted by molar-refractivity contribution is 0.153. The van der Waals surface area contributed by atoms with Gasteiger partial charge in [-0.15, -0.1) is 11.3 Å². The Bertz CT molecular complexity index is 495. The monoisotopic (exact) mass is 306 g/mol. The molecule has 7 heteroatoms. The van der Waals surface area contributed by atoms with Crippen molar-refractivity contribution in [1.29, 1.82) is 0 Å². The number of ether oxygens (including phenoxy) is 1. The van der Waals surface area contributed by atoms with E-state index in [0.717, 1.165) is 11.3 Å². The molecule has 19 heavy (non-hydrogen) atoms. The van der Waals surface area contributed by atoms with Gasteiger partial charge in [-0.2, -0.15) is 0 Å². The molecule has 5 nitrogen and oxygen atoms in total. The van der Waals surface area contributed by atoms with Crippen LogP contribution >= 0.6 is 11.3 Å². The molecule has 0 radical (unpaired) electrons. The summed E-state index contributed by atoms with van der Waals surface area (Å²) in [6.07, 6.45) is 0.795. The van der Waals surface area contributed by atoms with Gasteiger partial charge >= 0.3 is 0 Å². The molecule has 0 aliphatic heterocycles. The molecule has 0 unspecified atom stereocenters. The Morgan fingerprint density at radius 2 is 2.16 bits per heavy atom. The Morgan fingerprint density at radius 3 is 2.68 bits per heavy atom. The van der Waals surface area contributed by atoms with Gasteiger partial charge in [-0.1, -0.05) is 13.8 Å². The summed E-state index contributed by atoms with van der Waals surface area (Å²) in [5.74, 6) is 0. The summed E-state index contributed by atoms with van der Waals surface area (Å²) in [6.45, 7) is 5.37. The van der Waals surface area contributed by atoms with E-state index in [4.69, 9.17) is 10.5 Å². The molecule has 3 N–H and O–H groups in total. The Balaban J connectivity index is 2.65. The maximum Gasteiger partial charge on any atom is 0.241 e. The highest BCUT2D eigenvalue weighted by Crippen LogP contribution is 2.22. The lowest BCUT2D eigenvalue weighted by atomic mass is 9.90. The minimum atomic E-state index is -3.44. The zero-order valence-electron chi connectivity index (χ0n) is 11.6. The van der Waals surface area contributed by atoms with Crippen molar-refractivity contribution in [2.24, 2.45) is 11.1 Å². The molecule has 0 bridgehead atoms. The van der Waals surface area contributed by atoms with Gasteiger partial charge in [0, 0.05) is 37.1 Å². The van der Waals surface area contributed by atoms with Crippen molar-refractivity contribution >= 4 is 21.4 Å². The molecule has 110 valence electrons. The van der Waals surface area contributed by atoms with E-state index in [2.05, 4.69) is 4.72 Å². The Morgan fingerprint density at radius 1 is 1.47 bits per heavy atom. The molecule has 0 aromatic carbocycles. The van der Waals surface area contributed by atoms with Crippen molar-refractivity contribution in [3.63, 3.8) is 0 Å². The third-order valence-corrected chi connectivity index (χ3v) is 5.35. The van der Waals surface area contributed by atoms with Crippen molar-refractivity contribution in [3.8, 4) is 0 Å². The van der Waals surface area contributed by atoms with Gasteiger partial charge in [0.15, 0.2) is 0 Å². The summed E-state index contributed by atoms with van der Waals surface area (Å²) >= 11 is 1.36. The van der Waals surface area contributed by atoms with Crippen molar-refractivity contribution in [2.75, 3.05) is 20.3 Å². The lowest BCUT2D eigenvalue weighted by Gasteiger charge is -2.24. The van der Waals surface area contributed by atoms with E-state index in [1.165, 1.54) is 11.3 Å². The van der Waals surface area contributed by atoms with Crippen molar-refractivity contribution in [3.05, 3.63) is 16.3 Å². The zero-order valence-corrected chi connectivity index (χ0v) is 13.2. The summed E-state index contributed by atoms with van der Waals surface area (Å²) < 4.78 is 31.9. The molecule has 1 heterocycles. The highest BCUT2D eigenvalue weighted by atomic mass is 32.2. The van der Waals surface area contributed by atoms with Crippen LogP contribution in [0.2, 0.25) is 0 Å². The number of methoxy groups -OCH3 is 1. The quantitative estimate of drug-likeness (QED) is 0.763. The highest BCUT2D eigenvalue weighted by molar-refractivity contribution is 7.89. The van der Waals surface area contributed by atoms with Crippen LogP contribution in [-0.2, 0) is 21.3 Å². The SMILES string of the molecule is COCCC(C)(C)CNS(=O)(=O)c1csc(CN)c1. The normalized spacial score (nSPS) is 12.8. The molecule has 0 saturated carbocycles. The van der Waals surface area contributed by atoms with Gasteiger partial charge in [0.2, 0.25) is 10.0 Å². The fraction of sp³-hybridized carbons (Fsp3) is 0.667. The minimum absolute atomic E-state index is 0.143. The van der Waals surface area contributed by atoms with E-state index >= 15 is 0 Å². The van der Waals surface area contributed by atoms with E-state index in [0.29, 0.717) is 24.6 Å². The number of thiophene rings is 1. The smallest absolute Gasteiger partial charge is 0.241 e. The van der Waals surface area contributed by atoms with E-state index in [-0.39, 0.29) is 5.41 Å². The number of nitrogens with one attached hydrogen (secondary N) is 1. The van der Waals surface area contributed by atoms with Crippen LogP contribution in [0.5, 0.6) is 0 Å². The number of hydrogen-bond acceptors (Lipinski definition) is 5. The van der Waals surface area contributed by atoms with Crippen molar-refractivity contribution in [2.45, 2.75) is 31.7 Å². The topological polar surface area (TPSA) is 81.4 Å². The molecule has 0 aliphatic carbocycles. The standard InChI is InChI=1S/C12H22N2O3S2/c1-12(2,4-5-17-3)9-14-19(15,16)11-6-10(7-13)18-8-11/h6,8,14H,4-5,7,9,13H2,1-3H3. The largest absolute Gasteiger partial charge is 0.385 e. The molecule has 0 aliphatic rings. The van der Waals surface area contributed by atoms with Crippen LogP contribution in [-0.4, -0.2) is 28.7 Å². The van der Waals surface area contributed by atoms with Gasteiger partial charge in [0.1, 0.15) is 0 Å². The summed E-state index contributed by atoms with van der Waals surface area (Å²) in [5, 5.41) is 1.62. The molecule has 0 spiro atoms. The lowest BCUT2D eigenvalue weighted by Crippen LogP contribution is -2.34. The molecule has 0 atom stereocenters. The van der Waals surface area contributed by atoms with Crippen LogP contribution in [0.4, 0.5) is 0 Å². The molecule has 1 rings (SSSR count). The first kappa shape index (κ1) is 16.6. The molecule has 0 amide bonds. The van der Waals surface area contributed by atoms with E-state index in [1.54, 1.807) is 18.6 Å². The molecule has 0 fully saturated rings. The molecular weight excluding hydrogens is 284 g/mol. The van der Waals surface area contributed by atoms with Crippen LogP contribution in [0.25, 0.3) is 0 Å². The van der Waals surface area contributed by atoms with Gasteiger partial charge < -0.3 is 10.5 Å². The number of nitrogens with two attached hydrogens (primary N) is 1. The third-order valence-electron chi connectivity index (χ3n) is 2.86. The minimum Gasteiger partial charge on any atom is -0.385 e. The van der Waals surface area contributed by atoms with Gasteiger partial charge in [-0.05, 0) is 17.9 Å². The van der Waals surface area contributed by atoms with Gasteiger partial charge in [-0.3, -0.25) is 0 Å². The predicted molar refractivity (Wildman–Crippen MR) is 77.7 cm³/mol. The fourth-order valence-corrected chi connectivity index (χ4v) is 3.85. The first-order valence-electron chi connectivity index (χ1n) is 6.07. The van der Waals surface area contributed by atoms with Crippen LogP contribution in [0, 0.1) is 5.41 Å². The van der Waals surface area contributed by atoms with Crippen LogP contribution in [0.15, 0.2) is 16.3 Å². The summed E-state index contributed by atoms with van der Waals surface area (Å²) in [5.41, 5.74) is 5.34. The number of hydrogen-bond donors (Lipinski definition) is 2. The van der Waals surface area contributed by atoms with Crippen molar-refractivity contribution < 1.29 is 13.2 Å². The van der Waals surface area contributed by atoms with Crippen LogP contribution < -0.4 is 10.5 Å². The predicted octanol–water partition coefficient (Wildman–Crippen LogP) is 1.55. The fourth-order valence-electron chi connectivity index (χ4n) is 1.45.